The predicted molar refractivity (Wildman–Crippen MR) is 125 cm³/mol. The monoisotopic (exact) mass is 464 g/mol. The normalized spacial score (nSPS) is 12.1. The fourth-order valence-corrected chi connectivity index (χ4v) is 3.41. The third kappa shape index (κ3) is 11.7. The second kappa shape index (κ2) is 13.7. The molecule has 1 rings (SSSR count). The third-order valence-corrected chi connectivity index (χ3v) is 6.22. The van der Waals surface area contributed by atoms with Crippen molar-refractivity contribution in [3.63, 3.8) is 0 Å². The highest BCUT2D eigenvalue weighted by Gasteiger charge is 2.22. The van der Waals surface area contributed by atoms with Gasteiger partial charge in [0.15, 0.2) is 0 Å². The van der Waals surface area contributed by atoms with Crippen LogP contribution in [0, 0.1) is 5.92 Å². The van der Waals surface area contributed by atoms with Crippen LogP contribution in [0.1, 0.15) is 42.6 Å². The molecule has 1 aromatic carbocycles. The van der Waals surface area contributed by atoms with Crippen molar-refractivity contribution in [2.24, 2.45) is 5.92 Å². The molecule has 0 amide bonds. The van der Waals surface area contributed by atoms with Crippen LogP contribution in [0.15, 0.2) is 36.9 Å². The van der Waals surface area contributed by atoms with E-state index in [1.807, 2.05) is 0 Å². The molecule has 0 aliphatic carbocycles. The van der Waals surface area contributed by atoms with E-state index in [9.17, 15) is 14.4 Å². The first-order valence-electron chi connectivity index (χ1n) is 10.9. The lowest BCUT2D eigenvalue weighted by Gasteiger charge is -2.19. The van der Waals surface area contributed by atoms with Crippen molar-refractivity contribution in [3.8, 4) is 0 Å². The van der Waals surface area contributed by atoms with Crippen molar-refractivity contribution in [1.29, 1.82) is 0 Å². The van der Waals surface area contributed by atoms with Crippen LogP contribution in [0.3, 0.4) is 0 Å². The molecule has 0 fully saturated rings. The minimum atomic E-state index is -1.27. The van der Waals surface area contributed by atoms with Gasteiger partial charge in [-0.15, -0.1) is 6.58 Å². The maximum absolute atomic E-state index is 12.6. The van der Waals surface area contributed by atoms with Crippen LogP contribution < -0.4 is 0 Å². The van der Waals surface area contributed by atoms with Gasteiger partial charge in [0.1, 0.15) is 0 Å². The zero-order chi connectivity index (χ0) is 24.1. The Morgan fingerprint density at radius 2 is 1.69 bits per heavy atom. The molecule has 7 nitrogen and oxygen atoms in total. The summed E-state index contributed by atoms with van der Waals surface area (Å²) in [5.41, 5.74) is 1.23. The summed E-state index contributed by atoms with van der Waals surface area (Å²) in [5.74, 6) is -1.09. The Kier molecular flexibility index (Phi) is 11.8. The number of ether oxygens (including phenoxy) is 4. The molecule has 8 heteroatoms. The largest absolute Gasteiger partial charge is 0.511 e. The average Bonchev–Trinajstić information content (AvgIpc) is 2.69. The number of carbonyl (C=O) groups is 3. The molecule has 0 bridgehead atoms. The number of allylic oxidation sites excluding steroid dienone is 1. The van der Waals surface area contributed by atoms with Crippen molar-refractivity contribution in [2.45, 2.75) is 64.9 Å². The first kappa shape index (κ1) is 27.4. The first-order chi connectivity index (χ1) is 15.0. The van der Waals surface area contributed by atoms with Gasteiger partial charge in [0.25, 0.3) is 0 Å². The number of hydrogen-bond acceptors (Lipinski definition) is 7. The highest BCUT2D eigenvalue weighted by atomic mass is 28.3. The lowest BCUT2D eigenvalue weighted by Crippen LogP contribution is -2.25. The minimum Gasteiger partial charge on any atom is -0.466 e. The Bertz CT molecular complexity index is 751. The van der Waals surface area contributed by atoms with Crippen molar-refractivity contribution in [3.05, 3.63) is 48.0 Å². The topological polar surface area (TPSA) is 88.1 Å². The highest BCUT2D eigenvalue weighted by Crippen LogP contribution is 2.18. The standard InChI is InChI=1S/C24H36O7Si/c1-7-8-9-21(23(26)28-14-15-32(4,5)6)16-19-10-12-20(13-11-19)22(25)29-17-30-24(27)31-18(2)3/h7,10-13,18,21H,1,8-9,14-17H2,2-6H3/t21-/m1/s1. The van der Waals surface area contributed by atoms with Gasteiger partial charge in [-0.1, -0.05) is 37.8 Å². The summed E-state index contributed by atoms with van der Waals surface area (Å²) in [6, 6.07) is 7.72. The molecule has 0 aliphatic rings. The highest BCUT2D eigenvalue weighted by molar-refractivity contribution is 6.76. The Morgan fingerprint density at radius 1 is 1.03 bits per heavy atom. The van der Waals surface area contributed by atoms with Crippen LogP contribution in [-0.2, 0) is 30.2 Å². The lowest BCUT2D eigenvalue weighted by molar-refractivity contribution is -0.148. The van der Waals surface area contributed by atoms with E-state index in [-0.39, 0.29) is 18.0 Å². The van der Waals surface area contributed by atoms with Crippen molar-refractivity contribution >= 4 is 26.2 Å². The number of rotatable bonds is 13. The summed E-state index contributed by atoms with van der Waals surface area (Å²) >= 11 is 0. The van der Waals surface area contributed by atoms with Gasteiger partial charge in [0, 0.05) is 8.07 Å². The second-order valence-electron chi connectivity index (χ2n) is 9.05. The molecule has 0 radical (unpaired) electrons. The van der Waals surface area contributed by atoms with E-state index in [0.717, 1.165) is 18.0 Å². The molecule has 32 heavy (non-hydrogen) atoms. The average molecular weight is 465 g/mol. The van der Waals surface area contributed by atoms with E-state index < -0.39 is 27.0 Å². The van der Waals surface area contributed by atoms with E-state index in [0.29, 0.717) is 25.0 Å². The molecule has 0 aromatic heterocycles. The van der Waals surface area contributed by atoms with E-state index in [1.165, 1.54) is 0 Å². The van der Waals surface area contributed by atoms with Crippen LogP contribution in [0.4, 0.5) is 4.79 Å². The van der Waals surface area contributed by atoms with Crippen LogP contribution in [-0.4, -0.2) is 45.7 Å². The molecule has 0 saturated heterocycles. The number of benzene rings is 1. The summed E-state index contributed by atoms with van der Waals surface area (Å²) < 4.78 is 19.9. The molecular formula is C24H36O7Si. The Hall–Kier alpha value is -2.61. The SMILES string of the molecule is C=CCC[C@H](Cc1ccc(C(=O)OCOC(=O)OC(C)C)cc1)C(=O)OCC[Si](C)(C)C. The van der Waals surface area contributed by atoms with Gasteiger partial charge in [-0.05, 0) is 56.9 Å². The Morgan fingerprint density at radius 3 is 2.25 bits per heavy atom. The molecular weight excluding hydrogens is 428 g/mol. The van der Waals surface area contributed by atoms with Gasteiger partial charge >= 0.3 is 18.1 Å². The number of hydrogen-bond donors (Lipinski definition) is 0. The quantitative estimate of drug-likeness (QED) is 0.127. The van der Waals surface area contributed by atoms with Gasteiger partial charge in [-0.25, -0.2) is 9.59 Å². The molecule has 1 atom stereocenters. The molecule has 0 heterocycles. The predicted octanol–water partition coefficient (Wildman–Crippen LogP) is 5.37. The number of carbonyl (C=O) groups excluding carboxylic acids is 3. The summed E-state index contributed by atoms with van der Waals surface area (Å²) in [6.07, 6.45) is 2.46. The van der Waals surface area contributed by atoms with Crippen LogP contribution in [0.25, 0.3) is 0 Å². The summed E-state index contributed by atoms with van der Waals surface area (Å²) in [6.45, 7) is 13.8. The van der Waals surface area contributed by atoms with Gasteiger partial charge < -0.3 is 18.9 Å². The Labute approximate surface area is 192 Å². The summed E-state index contributed by atoms with van der Waals surface area (Å²) in [4.78, 5) is 36.0. The molecule has 0 spiro atoms. The fourth-order valence-electron chi connectivity index (χ4n) is 2.70. The van der Waals surface area contributed by atoms with E-state index in [2.05, 4.69) is 31.0 Å². The van der Waals surface area contributed by atoms with Crippen LogP contribution >= 0.6 is 0 Å². The van der Waals surface area contributed by atoms with Crippen molar-refractivity contribution in [2.75, 3.05) is 13.4 Å². The van der Waals surface area contributed by atoms with Gasteiger partial charge in [0.2, 0.25) is 6.79 Å². The first-order valence-corrected chi connectivity index (χ1v) is 14.6. The van der Waals surface area contributed by atoms with Gasteiger partial charge in [-0.2, -0.15) is 0 Å². The third-order valence-electron chi connectivity index (χ3n) is 4.52. The van der Waals surface area contributed by atoms with Gasteiger partial charge in [-0.3, -0.25) is 4.79 Å². The van der Waals surface area contributed by atoms with E-state index in [1.54, 1.807) is 44.2 Å². The van der Waals surface area contributed by atoms with Crippen LogP contribution in [0.5, 0.6) is 0 Å². The summed E-state index contributed by atoms with van der Waals surface area (Å²) in [5, 5.41) is 0. The molecule has 178 valence electrons. The fraction of sp³-hybridized carbons (Fsp3) is 0.542. The maximum atomic E-state index is 12.6. The number of esters is 2. The smallest absolute Gasteiger partial charge is 0.466 e. The minimum absolute atomic E-state index is 0.195. The molecule has 0 N–H and O–H groups in total. The Balaban J connectivity index is 2.61. The molecule has 0 saturated carbocycles. The molecule has 1 aromatic rings. The van der Waals surface area contributed by atoms with E-state index in [4.69, 9.17) is 14.2 Å². The van der Waals surface area contributed by atoms with Crippen LogP contribution in [0.2, 0.25) is 25.7 Å². The van der Waals surface area contributed by atoms with Crippen molar-refractivity contribution < 1.29 is 33.3 Å². The zero-order valence-electron chi connectivity index (χ0n) is 19.8. The zero-order valence-corrected chi connectivity index (χ0v) is 20.8. The van der Waals surface area contributed by atoms with Gasteiger partial charge in [0.05, 0.1) is 24.2 Å². The molecule has 0 aliphatic heterocycles. The van der Waals surface area contributed by atoms with E-state index >= 15 is 0 Å². The maximum Gasteiger partial charge on any atom is 0.511 e. The lowest BCUT2D eigenvalue weighted by atomic mass is 9.94. The summed E-state index contributed by atoms with van der Waals surface area (Å²) in [7, 11) is -1.27. The van der Waals surface area contributed by atoms with Crippen molar-refractivity contribution in [1.82, 2.24) is 0 Å². The second-order valence-corrected chi connectivity index (χ2v) is 14.7. The molecule has 0 unspecified atom stereocenters.